The van der Waals surface area contributed by atoms with Crippen molar-refractivity contribution in [2.75, 3.05) is 0 Å². The Labute approximate surface area is 580 Å². The second-order valence-electron chi connectivity index (χ2n) is 28.8. The summed E-state index contributed by atoms with van der Waals surface area (Å²) in [4.78, 5) is 0. The maximum absolute atomic E-state index is 2.58. The van der Waals surface area contributed by atoms with Crippen LogP contribution in [-0.4, -0.2) is 4.57 Å². The van der Waals surface area contributed by atoms with Gasteiger partial charge in [0.15, 0.2) is 0 Å². The van der Waals surface area contributed by atoms with Crippen LogP contribution in [0, 0.1) is 0 Å². The SMILES string of the molecule is CC1(C)c2ccccc2-c2cc3c(cc21)CC(c1ccc(-n2c4ccc(-c5cccc(-c6cc(-c7ccccc7)cc(-c7ccccc7)c6)c5)cc4c4cc5c(cc42)C(C)(C)c2ccccc2-5)cc1)c1ccc(-c2cccc(-c4cc(-c5ccccc5)cc(-c5ccccc5)c4)c2)cc1-3. The quantitative estimate of drug-likeness (QED) is 0.129. The number of nitrogens with zero attached hydrogens (tertiary/aromatic N) is 1. The average Bonchev–Trinajstić information content (AvgIpc) is 1.58. The van der Waals surface area contributed by atoms with Gasteiger partial charge in [0.05, 0.1) is 11.0 Å². The summed E-state index contributed by atoms with van der Waals surface area (Å²) in [7, 11) is 0. The monoisotopic (exact) mass is 1260 g/mol. The number of hydrogen-bond donors (Lipinski definition) is 0. The first kappa shape index (κ1) is 58.5. The van der Waals surface area contributed by atoms with E-state index in [-0.39, 0.29) is 16.7 Å². The fourth-order valence-corrected chi connectivity index (χ4v) is 17.2. The smallest absolute Gasteiger partial charge is 0.0544 e. The lowest BCUT2D eigenvalue weighted by molar-refractivity contribution is 0.658. The Morgan fingerprint density at radius 2 is 0.626 bits per heavy atom. The summed E-state index contributed by atoms with van der Waals surface area (Å²) in [6, 6.07) is 128. The van der Waals surface area contributed by atoms with Gasteiger partial charge < -0.3 is 4.57 Å². The molecule has 0 fully saturated rings. The molecule has 1 aromatic heterocycles. The molecule has 0 N–H and O–H groups in total. The van der Waals surface area contributed by atoms with Crippen LogP contribution >= 0.6 is 0 Å². The van der Waals surface area contributed by atoms with Crippen molar-refractivity contribution in [2.24, 2.45) is 0 Å². The van der Waals surface area contributed by atoms with Crippen LogP contribution in [0.3, 0.4) is 0 Å². The fraction of sp³-hybridized carbons (Fsp3) is 0.0816. The van der Waals surface area contributed by atoms with Gasteiger partial charge in [0.25, 0.3) is 0 Å². The Bertz CT molecular complexity index is 5790. The third-order valence-corrected chi connectivity index (χ3v) is 22.3. The first-order chi connectivity index (χ1) is 48.5. The second-order valence-corrected chi connectivity index (χ2v) is 28.8. The third-order valence-electron chi connectivity index (χ3n) is 22.3. The van der Waals surface area contributed by atoms with Crippen molar-refractivity contribution in [1.82, 2.24) is 4.57 Å². The van der Waals surface area contributed by atoms with Gasteiger partial charge in [-0.25, -0.2) is 0 Å². The van der Waals surface area contributed by atoms with Gasteiger partial charge in [0.1, 0.15) is 0 Å². The van der Waals surface area contributed by atoms with E-state index in [0.717, 1.165) is 12.1 Å². The number of fused-ring (bicyclic) bond motifs is 12. The molecule has 1 heteroatoms. The van der Waals surface area contributed by atoms with Gasteiger partial charge in [-0.2, -0.15) is 0 Å². The maximum Gasteiger partial charge on any atom is 0.0544 e. The standard InChI is InChI=1S/C98H71N/c1-97(2)91-37-19-17-35-82(91)87-59-85-79(58-93(87)97)57-84(81-45-41-71(55-86(81)85)67-31-21-33-69(47-67)77-51-73(62-23-9-5-10-24-62)49-74(52-77)63-25-11-6-12-26-63)66-39-43-80(44-40-66)99-95-46-42-72(56-89(95)90-60-88-83-36-18-20-38-92(83)98(3,4)94(88)61-96(90)99)68-32-22-34-70(48-68)78-53-75(64-27-13-7-14-28-64)50-76(54-78)65-29-15-8-16-30-65/h5-56,58-61,84H,57H2,1-4H3. The molecule has 0 bridgehead atoms. The van der Waals surface area contributed by atoms with E-state index in [9.17, 15) is 0 Å². The summed E-state index contributed by atoms with van der Waals surface area (Å²) in [5.74, 6) is 0.133. The molecule has 16 aromatic rings. The summed E-state index contributed by atoms with van der Waals surface area (Å²) in [5, 5.41) is 2.50. The van der Waals surface area contributed by atoms with Gasteiger partial charge in [-0.15, -0.1) is 0 Å². The highest BCUT2D eigenvalue weighted by Crippen LogP contribution is 2.55. The van der Waals surface area contributed by atoms with Crippen LogP contribution in [0.4, 0.5) is 0 Å². The van der Waals surface area contributed by atoms with Crippen LogP contribution < -0.4 is 0 Å². The maximum atomic E-state index is 2.58. The molecule has 0 radical (unpaired) electrons. The van der Waals surface area contributed by atoms with Crippen LogP contribution in [-0.2, 0) is 17.3 Å². The average molecular weight is 1260 g/mol. The van der Waals surface area contributed by atoms with E-state index in [2.05, 4.69) is 372 Å². The van der Waals surface area contributed by atoms with Crippen LogP contribution in [0.25, 0.3) is 150 Å². The fourth-order valence-electron chi connectivity index (χ4n) is 17.2. The molecular formula is C98H71N. The van der Waals surface area contributed by atoms with Crippen molar-refractivity contribution < 1.29 is 0 Å². The van der Waals surface area contributed by atoms with Gasteiger partial charge in [-0.1, -0.05) is 270 Å². The highest BCUT2D eigenvalue weighted by molar-refractivity contribution is 6.13. The van der Waals surface area contributed by atoms with Crippen LogP contribution in [0.2, 0.25) is 0 Å². The first-order valence-corrected chi connectivity index (χ1v) is 35.0. The van der Waals surface area contributed by atoms with Crippen molar-refractivity contribution in [2.45, 2.75) is 50.9 Å². The van der Waals surface area contributed by atoms with Crippen molar-refractivity contribution in [3.05, 3.63) is 379 Å². The Morgan fingerprint density at radius 1 is 0.242 bits per heavy atom. The molecule has 1 heterocycles. The van der Waals surface area contributed by atoms with Crippen LogP contribution in [0.5, 0.6) is 0 Å². The zero-order chi connectivity index (χ0) is 66.1. The highest BCUT2D eigenvalue weighted by atomic mass is 15.0. The molecule has 0 spiro atoms. The largest absolute Gasteiger partial charge is 0.309 e. The lowest BCUT2D eigenvalue weighted by Crippen LogP contribution is -2.17. The normalized spacial score (nSPS) is 14.3. The summed E-state index contributed by atoms with van der Waals surface area (Å²) in [6.45, 7) is 9.62. The number of rotatable bonds is 10. The Balaban J connectivity index is 0.728. The van der Waals surface area contributed by atoms with Gasteiger partial charge in [-0.05, 0) is 265 Å². The van der Waals surface area contributed by atoms with E-state index < -0.39 is 0 Å². The van der Waals surface area contributed by atoms with Crippen molar-refractivity contribution >= 4 is 21.8 Å². The van der Waals surface area contributed by atoms with Gasteiger partial charge >= 0.3 is 0 Å². The third kappa shape index (κ3) is 9.74. The molecule has 0 saturated carbocycles. The molecule has 1 unspecified atom stereocenters. The molecule has 3 aliphatic carbocycles. The summed E-state index contributed by atoms with van der Waals surface area (Å²) >= 11 is 0. The molecule has 468 valence electrons. The Hall–Kier alpha value is -11.9. The number of benzene rings is 15. The molecule has 0 aliphatic heterocycles. The lowest BCUT2D eigenvalue weighted by Gasteiger charge is -2.31. The second kappa shape index (κ2) is 22.9. The Morgan fingerprint density at radius 3 is 1.13 bits per heavy atom. The van der Waals surface area contributed by atoms with E-state index in [0.29, 0.717) is 0 Å². The predicted octanol–water partition coefficient (Wildman–Crippen LogP) is 26.1. The minimum atomic E-state index is -0.165. The van der Waals surface area contributed by atoms with Crippen molar-refractivity contribution in [3.63, 3.8) is 0 Å². The number of aromatic nitrogens is 1. The summed E-state index contributed by atoms with van der Waals surface area (Å²) in [5.41, 5.74) is 40.2. The molecule has 3 aliphatic rings. The zero-order valence-corrected chi connectivity index (χ0v) is 56.1. The van der Waals surface area contributed by atoms with Gasteiger partial charge in [0.2, 0.25) is 0 Å². The van der Waals surface area contributed by atoms with Gasteiger partial charge in [0, 0.05) is 33.2 Å². The van der Waals surface area contributed by atoms with E-state index in [4.69, 9.17) is 0 Å². The predicted molar refractivity (Wildman–Crippen MR) is 417 cm³/mol. The van der Waals surface area contributed by atoms with Crippen LogP contribution in [0.15, 0.2) is 340 Å². The summed E-state index contributed by atoms with van der Waals surface area (Å²) in [6.07, 6.45) is 0.908. The van der Waals surface area contributed by atoms with E-state index in [1.807, 2.05) is 0 Å². The zero-order valence-electron chi connectivity index (χ0n) is 56.1. The van der Waals surface area contributed by atoms with Gasteiger partial charge in [-0.3, -0.25) is 0 Å². The minimum absolute atomic E-state index is 0.118. The van der Waals surface area contributed by atoms with E-state index >= 15 is 0 Å². The molecule has 15 aromatic carbocycles. The van der Waals surface area contributed by atoms with E-state index in [1.54, 1.807) is 0 Å². The molecule has 19 rings (SSSR count). The molecule has 99 heavy (non-hydrogen) atoms. The van der Waals surface area contributed by atoms with Crippen LogP contribution in [0.1, 0.15) is 72.6 Å². The van der Waals surface area contributed by atoms with Crippen molar-refractivity contribution in [1.29, 1.82) is 0 Å². The first-order valence-electron chi connectivity index (χ1n) is 35.0. The highest BCUT2D eigenvalue weighted by Gasteiger charge is 2.39. The number of hydrogen-bond acceptors (Lipinski definition) is 0. The topological polar surface area (TPSA) is 4.93 Å². The molecule has 1 nitrogen and oxygen atoms in total. The van der Waals surface area contributed by atoms with E-state index in [1.165, 1.54) is 183 Å². The molecular weight excluding hydrogens is 1190 g/mol. The lowest BCUT2D eigenvalue weighted by atomic mass is 9.73. The Kier molecular flexibility index (Phi) is 13.5. The summed E-state index contributed by atoms with van der Waals surface area (Å²) < 4.78 is 2.54. The van der Waals surface area contributed by atoms with Crippen molar-refractivity contribution in [3.8, 4) is 128 Å². The molecule has 0 saturated heterocycles. The molecule has 0 amide bonds. The molecule has 1 atom stereocenters. The minimum Gasteiger partial charge on any atom is -0.309 e.